The molecule has 9 nitrogen and oxygen atoms in total. The predicted octanol–water partition coefficient (Wildman–Crippen LogP) is 3.63. The molecule has 12 heteroatoms. The van der Waals surface area contributed by atoms with Crippen molar-refractivity contribution in [3.63, 3.8) is 0 Å². The molecule has 4 rings (SSSR count). The van der Waals surface area contributed by atoms with E-state index in [-0.39, 0.29) is 31.8 Å². The fourth-order valence-electron chi connectivity index (χ4n) is 5.74. The van der Waals surface area contributed by atoms with E-state index in [1.165, 1.54) is 7.11 Å². The Hall–Kier alpha value is -3.09. The summed E-state index contributed by atoms with van der Waals surface area (Å²) in [6.07, 6.45) is -1.35. The van der Waals surface area contributed by atoms with Crippen LogP contribution in [0.5, 0.6) is 5.75 Å². The Morgan fingerprint density at radius 1 is 1.07 bits per heavy atom. The van der Waals surface area contributed by atoms with Crippen LogP contribution in [0.2, 0.25) is 0 Å². The highest BCUT2D eigenvalue weighted by Crippen LogP contribution is 2.36. The molecule has 2 fully saturated rings. The van der Waals surface area contributed by atoms with E-state index in [0.29, 0.717) is 44.0 Å². The molecule has 1 aromatic carbocycles. The van der Waals surface area contributed by atoms with Gasteiger partial charge in [-0.3, -0.25) is 24.1 Å². The maximum absolute atomic E-state index is 14.1. The van der Waals surface area contributed by atoms with Gasteiger partial charge in [0.05, 0.1) is 39.5 Å². The minimum Gasteiger partial charge on any atom is -0.497 e. The highest BCUT2D eigenvalue weighted by atomic mass is 19.4. The molecule has 0 saturated carbocycles. The van der Waals surface area contributed by atoms with Crippen LogP contribution in [0, 0.1) is 11.8 Å². The van der Waals surface area contributed by atoms with Crippen molar-refractivity contribution in [2.75, 3.05) is 46.6 Å². The van der Waals surface area contributed by atoms with E-state index < -0.39 is 53.5 Å². The number of halogens is 3. The third kappa shape index (κ3) is 9.45. The predicted molar refractivity (Wildman–Crippen MR) is 154 cm³/mol. The molecule has 0 spiro atoms. The Labute approximate surface area is 255 Å². The summed E-state index contributed by atoms with van der Waals surface area (Å²) in [5.41, 5.74) is 0.656. The molecule has 0 radical (unpaired) electrons. The average molecular weight is 623 g/mol. The number of Topliss-reactive ketones (excluding diaryl/α,β-unsaturated/α-hetero) is 3. The van der Waals surface area contributed by atoms with Crippen molar-refractivity contribution in [1.82, 2.24) is 10.2 Å². The van der Waals surface area contributed by atoms with Crippen LogP contribution in [0.4, 0.5) is 13.2 Å². The molecule has 2 heterocycles. The Kier molecular flexibility index (Phi) is 11.4. The summed E-state index contributed by atoms with van der Waals surface area (Å²) >= 11 is 0. The second-order valence-corrected chi connectivity index (χ2v) is 12.0. The standard InChI is InChI=1S/C32H41F3N2O7/c1-31(20-44-31)29(40)23(15-21-5-3-4-6-21)17-28(39)27(16-22-7-9-25(42-2)10-8-22)36-30(41)26(32(33,34)35)18-24(38)19-37-11-13-43-14-12-37/h5,7-10,23,26-27H,3-4,6,11-20H2,1-2H3,(H,36,41)/t23-,26+,27+,31-/m1/s1. The van der Waals surface area contributed by atoms with Crippen LogP contribution in [-0.4, -0.2) is 92.5 Å². The smallest absolute Gasteiger partial charge is 0.400 e. The zero-order valence-electron chi connectivity index (χ0n) is 25.3. The number of nitrogens with zero attached hydrogens (tertiary/aromatic N) is 1. The first-order chi connectivity index (χ1) is 20.9. The number of hydrogen-bond acceptors (Lipinski definition) is 8. The number of ketones is 3. The minimum atomic E-state index is -5.01. The fourth-order valence-corrected chi connectivity index (χ4v) is 5.74. The van der Waals surface area contributed by atoms with Gasteiger partial charge in [-0.2, -0.15) is 13.2 Å². The van der Waals surface area contributed by atoms with Gasteiger partial charge in [-0.1, -0.05) is 23.8 Å². The molecular formula is C32H41F3N2O7. The van der Waals surface area contributed by atoms with Crippen LogP contribution >= 0.6 is 0 Å². The van der Waals surface area contributed by atoms with Crippen LogP contribution in [0.3, 0.4) is 0 Å². The summed E-state index contributed by atoms with van der Waals surface area (Å²) in [4.78, 5) is 54.7. The number of ether oxygens (including phenoxy) is 3. The molecular weight excluding hydrogens is 581 g/mol. The highest BCUT2D eigenvalue weighted by Gasteiger charge is 2.50. The fraction of sp³-hybridized carbons (Fsp3) is 0.625. The number of carbonyl (C=O) groups is 4. The lowest BCUT2D eigenvalue weighted by Gasteiger charge is -2.27. The lowest BCUT2D eigenvalue weighted by atomic mass is 9.83. The molecule has 4 atom stereocenters. The van der Waals surface area contributed by atoms with E-state index in [1.807, 2.05) is 0 Å². The summed E-state index contributed by atoms with van der Waals surface area (Å²) in [5, 5.41) is 2.32. The van der Waals surface area contributed by atoms with Gasteiger partial charge in [0.15, 0.2) is 11.6 Å². The first-order valence-corrected chi connectivity index (χ1v) is 15.1. The maximum Gasteiger partial charge on any atom is 0.400 e. The first kappa shape index (κ1) is 33.8. The normalized spacial score (nSPS) is 22.4. The summed E-state index contributed by atoms with van der Waals surface area (Å²) in [7, 11) is 1.49. The minimum absolute atomic E-state index is 0.0990. The summed E-state index contributed by atoms with van der Waals surface area (Å²) in [5.74, 6) is -5.77. The SMILES string of the molecule is COc1ccc(C[C@H](NC(=O)[C@H](CC(=O)CN2CCOCC2)C(F)(F)F)C(=O)C[C@@H](CC2=CCCC2)C(=O)[C@@]2(C)CO2)cc1. The molecule has 1 aromatic rings. The summed E-state index contributed by atoms with van der Waals surface area (Å²) in [6.45, 7) is 3.25. The van der Waals surface area contributed by atoms with Crippen molar-refractivity contribution in [1.29, 1.82) is 0 Å². The third-order valence-electron chi connectivity index (χ3n) is 8.51. The van der Waals surface area contributed by atoms with Crippen molar-refractivity contribution in [3.05, 3.63) is 41.5 Å². The monoisotopic (exact) mass is 622 g/mol. The number of allylic oxidation sites excluding steroid dienone is 2. The number of carbonyl (C=O) groups excluding carboxylic acids is 4. The molecule has 2 saturated heterocycles. The van der Waals surface area contributed by atoms with Gasteiger partial charge in [-0.25, -0.2) is 0 Å². The maximum atomic E-state index is 14.1. The number of amides is 1. The summed E-state index contributed by atoms with van der Waals surface area (Å²) in [6, 6.07) is 5.25. The summed E-state index contributed by atoms with van der Waals surface area (Å²) < 4.78 is 58.2. The zero-order valence-corrected chi connectivity index (χ0v) is 25.3. The van der Waals surface area contributed by atoms with Crippen LogP contribution in [-0.2, 0) is 35.1 Å². The zero-order chi connectivity index (χ0) is 31.9. The molecule has 0 bridgehead atoms. The van der Waals surface area contributed by atoms with Gasteiger partial charge in [0.1, 0.15) is 23.1 Å². The van der Waals surface area contributed by atoms with E-state index in [4.69, 9.17) is 14.2 Å². The van der Waals surface area contributed by atoms with Gasteiger partial charge in [-0.15, -0.1) is 0 Å². The Morgan fingerprint density at radius 2 is 1.75 bits per heavy atom. The van der Waals surface area contributed by atoms with Crippen LogP contribution in [0.1, 0.15) is 51.0 Å². The lowest BCUT2D eigenvalue weighted by Crippen LogP contribution is -2.50. The Morgan fingerprint density at radius 3 is 2.32 bits per heavy atom. The molecule has 3 aliphatic rings. The number of methoxy groups -OCH3 is 1. The number of rotatable bonds is 16. The van der Waals surface area contributed by atoms with E-state index in [1.54, 1.807) is 36.1 Å². The average Bonchev–Trinajstić information content (AvgIpc) is 3.53. The topological polar surface area (TPSA) is 115 Å². The lowest BCUT2D eigenvalue weighted by molar-refractivity contribution is -0.186. The molecule has 1 aliphatic carbocycles. The Balaban J connectivity index is 1.52. The number of epoxide rings is 1. The first-order valence-electron chi connectivity index (χ1n) is 15.1. The van der Waals surface area contributed by atoms with Crippen molar-refractivity contribution in [2.24, 2.45) is 11.8 Å². The van der Waals surface area contributed by atoms with Gasteiger partial charge < -0.3 is 19.5 Å². The molecule has 2 aliphatic heterocycles. The number of nitrogens with one attached hydrogen (secondary N) is 1. The number of benzene rings is 1. The largest absolute Gasteiger partial charge is 0.497 e. The van der Waals surface area contributed by atoms with Gasteiger partial charge in [-0.05, 0) is 56.7 Å². The number of alkyl halides is 3. The van der Waals surface area contributed by atoms with Gasteiger partial charge >= 0.3 is 6.18 Å². The second kappa shape index (κ2) is 14.8. The molecule has 1 N–H and O–H groups in total. The van der Waals surface area contributed by atoms with E-state index in [2.05, 4.69) is 11.4 Å². The molecule has 0 aromatic heterocycles. The molecule has 0 unspecified atom stereocenters. The van der Waals surface area contributed by atoms with Crippen LogP contribution in [0.25, 0.3) is 0 Å². The van der Waals surface area contributed by atoms with E-state index >= 15 is 0 Å². The van der Waals surface area contributed by atoms with Crippen molar-refractivity contribution < 1.29 is 46.6 Å². The molecule has 1 amide bonds. The molecule has 44 heavy (non-hydrogen) atoms. The van der Waals surface area contributed by atoms with Gasteiger partial charge in [0, 0.05) is 31.8 Å². The van der Waals surface area contributed by atoms with Gasteiger partial charge in [0.2, 0.25) is 5.91 Å². The molecule has 242 valence electrons. The van der Waals surface area contributed by atoms with E-state index in [9.17, 15) is 32.3 Å². The highest BCUT2D eigenvalue weighted by molar-refractivity contribution is 5.97. The van der Waals surface area contributed by atoms with Crippen LogP contribution < -0.4 is 10.1 Å². The quantitative estimate of drug-likeness (QED) is 0.220. The second-order valence-electron chi connectivity index (χ2n) is 12.0. The Bertz CT molecular complexity index is 1220. The van der Waals surface area contributed by atoms with Crippen molar-refractivity contribution in [2.45, 2.75) is 69.7 Å². The third-order valence-corrected chi connectivity index (χ3v) is 8.51. The van der Waals surface area contributed by atoms with Crippen molar-refractivity contribution in [3.8, 4) is 5.75 Å². The van der Waals surface area contributed by atoms with E-state index in [0.717, 1.165) is 24.8 Å². The van der Waals surface area contributed by atoms with Crippen LogP contribution in [0.15, 0.2) is 35.9 Å². The number of morpholine rings is 1. The van der Waals surface area contributed by atoms with Crippen molar-refractivity contribution >= 4 is 23.3 Å². The van der Waals surface area contributed by atoms with Gasteiger partial charge in [0.25, 0.3) is 0 Å². The number of hydrogen-bond donors (Lipinski definition) is 1.